The third-order valence-corrected chi connectivity index (χ3v) is 7.05. The SMILES string of the molecule is CC(C)N(OCCN1CCOCC1)S(=O)(=O)CCCCCCNC(=O)/C=C/c1cccnc1. The molecule has 1 saturated heterocycles. The van der Waals surface area contributed by atoms with Crippen LogP contribution < -0.4 is 5.32 Å². The van der Waals surface area contributed by atoms with Gasteiger partial charge in [-0.25, -0.2) is 8.42 Å². The number of sulfonamides is 1. The summed E-state index contributed by atoms with van der Waals surface area (Å²) in [5, 5.41) is 2.84. The van der Waals surface area contributed by atoms with Gasteiger partial charge < -0.3 is 10.1 Å². The Morgan fingerprint density at radius 1 is 1.27 bits per heavy atom. The zero-order valence-electron chi connectivity index (χ0n) is 19.8. The molecule has 1 aromatic rings. The topological polar surface area (TPSA) is 101 Å². The molecule has 0 unspecified atom stereocenters. The van der Waals surface area contributed by atoms with Crippen molar-refractivity contribution in [3.05, 3.63) is 36.2 Å². The van der Waals surface area contributed by atoms with Crippen LogP contribution in [0.3, 0.4) is 0 Å². The first-order valence-corrected chi connectivity index (χ1v) is 13.3. The maximum atomic E-state index is 12.7. The fourth-order valence-corrected chi connectivity index (χ4v) is 5.03. The molecule has 0 aromatic carbocycles. The van der Waals surface area contributed by atoms with Gasteiger partial charge in [-0.1, -0.05) is 23.4 Å². The molecular weight excluding hydrogens is 444 g/mol. The summed E-state index contributed by atoms with van der Waals surface area (Å²) in [5.74, 6) is -0.0913. The van der Waals surface area contributed by atoms with Crippen LogP contribution >= 0.6 is 0 Å². The number of hydrogen-bond acceptors (Lipinski definition) is 7. The molecule has 1 amide bonds. The highest BCUT2D eigenvalue weighted by atomic mass is 32.2. The molecule has 0 spiro atoms. The normalized spacial score (nSPS) is 15.5. The first kappa shape index (κ1) is 27.4. The number of carbonyl (C=O) groups excluding carboxylic acids is 1. The van der Waals surface area contributed by atoms with Gasteiger partial charge in [0.15, 0.2) is 0 Å². The molecule has 0 radical (unpaired) electrons. The summed E-state index contributed by atoms with van der Waals surface area (Å²) in [6.07, 6.45) is 9.57. The molecule has 0 aliphatic carbocycles. The number of amides is 1. The Bertz CT molecular complexity index is 811. The number of nitrogens with zero attached hydrogens (tertiary/aromatic N) is 3. The summed E-state index contributed by atoms with van der Waals surface area (Å²) < 4.78 is 31.9. The Hall–Kier alpha value is -1.85. The van der Waals surface area contributed by atoms with Crippen LogP contribution in [0.25, 0.3) is 6.08 Å². The molecule has 1 aliphatic heterocycles. The van der Waals surface area contributed by atoms with Gasteiger partial charge in [-0.05, 0) is 44.4 Å². The number of hydroxylamine groups is 1. The van der Waals surface area contributed by atoms with Crippen molar-refractivity contribution < 1.29 is 22.8 Å². The second-order valence-corrected chi connectivity index (χ2v) is 10.2. The lowest BCUT2D eigenvalue weighted by Crippen LogP contribution is -2.42. The minimum Gasteiger partial charge on any atom is -0.379 e. The van der Waals surface area contributed by atoms with Gasteiger partial charge in [0.1, 0.15) is 0 Å². The molecule has 1 N–H and O–H groups in total. The third-order valence-electron chi connectivity index (χ3n) is 5.17. The van der Waals surface area contributed by atoms with Crippen LogP contribution in [0.1, 0.15) is 45.1 Å². The van der Waals surface area contributed by atoms with Crippen LogP contribution in [0.2, 0.25) is 0 Å². The van der Waals surface area contributed by atoms with Crippen molar-refractivity contribution in [2.45, 2.75) is 45.6 Å². The lowest BCUT2D eigenvalue weighted by atomic mass is 10.2. The van der Waals surface area contributed by atoms with E-state index in [1.54, 1.807) is 18.5 Å². The monoisotopic (exact) mass is 482 g/mol. The average Bonchev–Trinajstić information content (AvgIpc) is 2.80. The highest BCUT2D eigenvalue weighted by Gasteiger charge is 2.26. The van der Waals surface area contributed by atoms with Gasteiger partial charge in [0.25, 0.3) is 0 Å². The number of aromatic nitrogens is 1. The van der Waals surface area contributed by atoms with Crippen molar-refractivity contribution >= 4 is 22.0 Å². The van der Waals surface area contributed by atoms with E-state index < -0.39 is 10.0 Å². The molecular formula is C23H38N4O5S. The standard InChI is InChI=1S/C23H38N4O5S/c1-21(2)27(32-18-15-26-13-16-31-17-14-26)33(29,30)19-6-4-3-5-12-25-23(28)10-9-22-8-7-11-24-20-22/h7-11,20-21H,3-6,12-19H2,1-2H3,(H,25,28)/b10-9+. The molecule has 10 heteroatoms. The Morgan fingerprint density at radius 2 is 2.03 bits per heavy atom. The van der Waals surface area contributed by atoms with E-state index in [9.17, 15) is 13.2 Å². The highest BCUT2D eigenvalue weighted by Crippen LogP contribution is 2.12. The van der Waals surface area contributed by atoms with E-state index in [1.165, 1.54) is 6.08 Å². The minimum atomic E-state index is -3.48. The van der Waals surface area contributed by atoms with Crippen molar-refractivity contribution in [2.24, 2.45) is 0 Å². The molecule has 1 aromatic heterocycles. The molecule has 0 saturated carbocycles. The maximum Gasteiger partial charge on any atom is 0.243 e. The quantitative estimate of drug-likeness (QED) is 0.232. The van der Waals surface area contributed by atoms with Crippen LogP contribution in [0, 0.1) is 0 Å². The van der Waals surface area contributed by atoms with E-state index in [-0.39, 0.29) is 17.7 Å². The number of morpholine rings is 1. The van der Waals surface area contributed by atoms with Crippen LogP contribution in [0.5, 0.6) is 0 Å². The van der Waals surface area contributed by atoms with Crippen LogP contribution in [-0.2, 0) is 24.4 Å². The fraction of sp³-hybridized carbons (Fsp3) is 0.652. The van der Waals surface area contributed by atoms with Gasteiger partial charge >= 0.3 is 0 Å². The molecule has 0 bridgehead atoms. The van der Waals surface area contributed by atoms with Crippen molar-refractivity contribution in [1.29, 1.82) is 0 Å². The van der Waals surface area contributed by atoms with E-state index in [0.717, 1.165) is 42.4 Å². The van der Waals surface area contributed by atoms with Crippen LogP contribution in [0.15, 0.2) is 30.6 Å². The predicted octanol–water partition coefficient (Wildman–Crippen LogP) is 2.08. The number of hydrogen-bond donors (Lipinski definition) is 1. The van der Waals surface area contributed by atoms with Gasteiger partial charge in [0.2, 0.25) is 15.9 Å². The number of rotatable bonds is 15. The van der Waals surface area contributed by atoms with E-state index in [1.807, 2.05) is 26.0 Å². The molecule has 0 atom stereocenters. The van der Waals surface area contributed by atoms with Gasteiger partial charge in [-0.15, -0.1) is 0 Å². The molecule has 9 nitrogen and oxygen atoms in total. The number of pyridine rings is 1. The van der Waals surface area contributed by atoms with Crippen LogP contribution in [0.4, 0.5) is 0 Å². The van der Waals surface area contributed by atoms with Gasteiger partial charge in [0.05, 0.1) is 25.6 Å². The van der Waals surface area contributed by atoms with E-state index in [0.29, 0.717) is 39.3 Å². The third kappa shape index (κ3) is 11.2. The number of carbonyl (C=O) groups is 1. The number of nitrogens with one attached hydrogen (secondary N) is 1. The summed E-state index contributed by atoms with van der Waals surface area (Å²) in [6, 6.07) is 3.44. The van der Waals surface area contributed by atoms with E-state index >= 15 is 0 Å². The van der Waals surface area contributed by atoms with Gasteiger partial charge in [0, 0.05) is 50.7 Å². The van der Waals surface area contributed by atoms with E-state index in [2.05, 4.69) is 15.2 Å². The Balaban J connectivity index is 1.58. The lowest BCUT2D eigenvalue weighted by Gasteiger charge is -2.29. The van der Waals surface area contributed by atoms with Crippen molar-refractivity contribution in [1.82, 2.24) is 19.7 Å². The van der Waals surface area contributed by atoms with E-state index in [4.69, 9.17) is 9.57 Å². The molecule has 1 aliphatic rings. The molecule has 186 valence electrons. The van der Waals surface area contributed by atoms with Crippen molar-refractivity contribution in [3.8, 4) is 0 Å². The summed E-state index contributed by atoms with van der Waals surface area (Å²) in [7, 11) is -3.48. The lowest BCUT2D eigenvalue weighted by molar-refractivity contribution is -0.116. The van der Waals surface area contributed by atoms with Crippen molar-refractivity contribution in [3.63, 3.8) is 0 Å². The zero-order valence-corrected chi connectivity index (χ0v) is 20.6. The van der Waals surface area contributed by atoms with Crippen molar-refractivity contribution in [2.75, 3.05) is 51.8 Å². The van der Waals surface area contributed by atoms with Gasteiger partial charge in [-0.3, -0.25) is 19.5 Å². The predicted molar refractivity (Wildman–Crippen MR) is 129 cm³/mol. The Morgan fingerprint density at radius 3 is 2.73 bits per heavy atom. The summed E-state index contributed by atoms with van der Waals surface area (Å²) in [4.78, 5) is 23.7. The number of unbranched alkanes of at least 4 members (excludes halogenated alkanes) is 3. The maximum absolute atomic E-state index is 12.7. The van der Waals surface area contributed by atoms with Gasteiger partial charge in [-0.2, -0.15) is 0 Å². The molecule has 2 heterocycles. The first-order chi connectivity index (χ1) is 15.9. The first-order valence-electron chi connectivity index (χ1n) is 11.7. The fourth-order valence-electron chi connectivity index (χ4n) is 3.41. The summed E-state index contributed by atoms with van der Waals surface area (Å²) in [5.41, 5.74) is 0.870. The minimum absolute atomic E-state index is 0.0585. The number of ether oxygens (including phenoxy) is 1. The molecule has 1 fully saturated rings. The van der Waals surface area contributed by atoms with Crippen LogP contribution in [-0.4, -0.2) is 86.5 Å². The molecule has 33 heavy (non-hydrogen) atoms. The Labute approximate surface area is 198 Å². The highest BCUT2D eigenvalue weighted by molar-refractivity contribution is 7.88. The average molecular weight is 483 g/mol. The second-order valence-electron chi connectivity index (χ2n) is 8.28. The smallest absolute Gasteiger partial charge is 0.243 e. The summed E-state index contributed by atoms with van der Waals surface area (Å²) in [6.45, 7) is 8.33. The largest absolute Gasteiger partial charge is 0.379 e. The zero-order chi connectivity index (χ0) is 23.9. The Kier molecular flexibility index (Phi) is 12.6. The molecule has 2 rings (SSSR count). The summed E-state index contributed by atoms with van der Waals surface area (Å²) >= 11 is 0. The second kappa shape index (κ2) is 15.1.